The number of carbonyl (C=O) groups excluding carboxylic acids is 1. The van der Waals surface area contributed by atoms with Crippen LogP contribution in [0.1, 0.15) is 13.8 Å². The number of aliphatic hydroxyl groups is 2. The highest BCUT2D eigenvalue weighted by molar-refractivity contribution is 5.85. The molecule has 0 aliphatic carbocycles. The summed E-state index contributed by atoms with van der Waals surface area (Å²) in [6.45, 7) is 2.94. The van der Waals surface area contributed by atoms with Gasteiger partial charge in [-0.1, -0.05) is 11.6 Å². The van der Waals surface area contributed by atoms with Gasteiger partial charge in [0.05, 0.1) is 0 Å². The Hall–Kier alpha value is -0.670. The van der Waals surface area contributed by atoms with Crippen molar-refractivity contribution in [1.82, 2.24) is 0 Å². The van der Waals surface area contributed by atoms with E-state index in [4.69, 9.17) is 10.2 Å². The quantitative estimate of drug-likeness (QED) is 0.543. The van der Waals surface area contributed by atoms with E-state index in [9.17, 15) is 4.79 Å². The fourth-order valence-corrected chi connectivity index (χ4v) is 0.502. The van der Waals surface area contributed by atoms with Gasteiger partial charge < -0.3 is 10.2 Å². The summed E-state index contributed by atoms with van der Waals surface area (Å²) in [5.41, 5.74) is 0.856. The minimum Gasteiger partial charge on any atom is -0.388 e. The maximum atomic E-state index is 10.5. The molecule has 2 N–H and O–H groups in total. The lowest BCUT2D eigenvalue weighted by molar-refractivity contribution is -0.127. The second-order valence-electron chi connectivity index (χ2n) is 2.31. The molecule has 0 spiro atoms. The van der Waals surface area contributed by atoms with Gasteiger partial charge in [-0.25, -0.2) is 0 Å². The lowest BCUT2D eigenvalue weighted by Crippen LogP contribution is -2.21. The van der Waals surface area contributed by atoms with Crippen LogP contribution in [0.3, 0.4) is 0 Å². The highest BCUT2D eigenvalue weighted by atomic mass is 16.3. The zero-order valence-corrected chi connectivity index (χ0v) is 6.16. The lowest BCUT2D eigenvalue weighted by atomic mass is 10.2. The molecule has 0 bridgehead atoms. The van der Waals surface area contributed by atoms with Crippen molar-refractivity contribution < 1.29 is 15.0 Å². The summed E-state index contributed by atoms with van der Waals surface area (Å²) in [7, 11) is 0. The Kier molecular flexibility index (Phi) is 3.91. The first-order valence-electron chi connectivity index (χ1n) is 3.04. The Morgan fingerprint density at radius 1 is 1.60 bits per heavy atom. The molecular weight excluding hydrogens is 132 g/mol. The van der Waals surface area contributed by atoms with E-state index in [-0.39, 0.29) is 0 Å². The fraction of sp³-hybridized carbons (Fsp3) is 0.571. The molecule has 3 nitrogen and oxygen atoms in total. The molecule has 0 rings (SSSR count). The number of carbonyl (C=O) groups is 1. The molecule has 0 saturated heterocycles. The molecule has 0 saturated carbocycles. The van der Waals surface area contributed by atoms with Crippen LogP contribution >= 0.6 is 0 Å². The molecule has 58 valence electrons. The maximum absolute atomic E-state index is 10.5. The molecule has 1 atom stereocenters. The summed E-state index contributed by atoms with van der Waals surface area (Å²) < 4.78 is 0. The average molecular weight is 144 g/mol. The van der Waals surface area contributed by atoms with Crippen LogP contribution in [-0.2, 0) is 4.79 Å². The van der Waals surface area contributed by atoms with Crippen molar-refractivity contribution in [2.24, 2.45) is 0 Å². The third-order valence-corrected chi connectivity index (χ3v) is 0.977. The summed E-state index contributed by atoms with van der Waals surface area (Å²) in [6.07, 6.45) is 0.258. The van der Waals surface area contributed by atoms with Crippen molar-refractivity contribution in [2.45, 2.75) is 20.0 Å². The number of Topliss-reactive ketones (excluding diaryl/α,β-unsaturated/α-hetero) is 1. The molecule has 0 amide bonds. The molecule has 0 aromatic heterocycles. The molecule has 0 aromatic carbocycles. The summed E-state index contributed by atoms with van der Waals surface area (Å²) in [6, 6.07) is 0. The molecule has 10 heavy (non-hydrogen) atoms. The van der Waals surface area contributed by atoms with Gasteiger partial charge >= 0.3 is 0 Å². The van der Waals surface area contributed by atoms with Gasteiger partial charge in [-0.15, -0.1) is 0 Å². The third-order valence-electron chi connectivity index (χ3n) is 0.977. The third kappa shape index (κ3) is 3.37. The second-order valence-corrected chi connectivity index (χ2v) is 2.31. The van der Waals surface area contributed by atoms with E-state index in [1.807, 2.05) is 0 Å². The van der Waals surface area contributed by atoms with Crippen LogP contribution in [0.15, 0.2) is 11.6 Å². The summed E-state index contributed by atoms with van der Waals surface area (Å²) in [5.74, 6) is -0.568. The Bertz CT molecular complexity index is 145. The van der Waals surface area contributed by atoms with Crippen molar-refractivity contribution >= 4 is 5.78 Å². The van der Waals surface area contributed by atoms with Crippen LogP contribution in [0.5, 0.6) is 0 Å². The van der Waals surface area contributed by atoms with Crippen molar-refractivity contribution in [3.8, 4) is 0 Å². The van der Waals surface area contributed by atoms with Gasteiger partial charge in [0.25, 0.3) is 0 Å². The molecule has 0 heterocycles. The van der Waals surface area contributed by atoms with Crippen LogP contribution in [-0.4, -0.2) is 28.7 Å². The zero-order valence-electron chi connectivity index (χ0n) is 6.16. The normalized spacial score (nSPS) is 12.4. The van der Waals surface area contributed by atoms with Crippen molar-refractivity contribution in [3.05, 3.63) is 11.6 Å². The molecule has 0 aliphatic rings. The smallest absolute Gasteiger partial charge is 0.190 e. The minimum atomic E-state index is -1.14. The Morgan fingerprint density at radius 2 is 2.10 bits per heavy atom. The first kappa shape index (κ1) is 9.33. The van der Waals surface area contributed by atoms with Crippen molar-refractivity contribution in [1.29, 1.82) is 0 Å². The van der Waals surface area contributed by atoms with Gasteiger partial charge in [-0.3, -0.25) is 4.79 Å². The number of hydrogen-bond donors (Lipinski definition) is 2. The van der Waals surface area contributed by atoms with E-state index in [1.165, 1.54) is 6.08 Å². The Morgan fingerprint density at radius 3 is 2.40 bits per heavy atom. The van der Waals surface area contributed by atoms with E-state index < -0.39 is 18.5 Å². The maximum Gasteiger partial charge on any atom is 0.190 e. The molecular formula is C7H12O3. The predicted molar refractivity (Wildman–Crippen MR) is 37.5 cm³/mol. The molecule has 0 aliphatic heterocycles. The van der Waals surface area contributed by atoms with E-state index in [0.717, 1.165) is 5.57 Å². The average Bonchev–Trinajstić information content (AvgIpc) is 1.85. The SMILES string of the molecule is CC(C)=C[C@H](O)C(=O)CO. The van der Waals surface area contributed by atoms with Crippen LogP contribution in [0.4, 0.5) is 0 Å². The number of rotatable bonds is 3. The first-order valence-corrected chi connectivity index (χ1v) is 3.04. The molecule has 0 radical (unpaired) electrons. The highest BCUT2D eigenvalue weighted by Gasteiger charge is 2.08. The Labute approximate surface area is 60.0 Å². The van der Waals surface area contributed by atoms with E-state index in [2.05, 4.69) is 0 Å². The van der Waals surface area contributed by atoms with Gasteiger partial charge in [0.2, 0.25) is 0 Å². The summed E-state index contributed by atoms with van der Waals surface area (Å²) >= 11 is 0. The molecule has 3 heteroatoms. The fourth-order valence-electron chi connectivity index (χ4n) is 0.502. The van der Waals surface area contributed by atoms with Crippen LogP contribution < -0.4 is 0 Å². The van der Waals surface area contributed by atoms with Gasteiger partial charge in [0.15, 0.2) is 5.78 Å². The first-order chi connectivity index (χ1) is 4.57. The van der Waals surface area contributed by atoms with Gasteiger partial charge in [-0.05, 0) is 13.8 Å². The molecule has 0 aromatic rings. The monoisotopic (exact) mass is 144 g/mol. The van der Waals surface area contributed by atoms with Gasteiger partial charge in [0, 0.05) is 0 Å². The van der Waals surface area contributed by atoms with Crippen molar-refractivity contribution in [3.63, 3.8) is 0 Å². The topological polar surface area (TPSA) is 57.5 Å². The second kappa shape index (κ2) is 4.19. The van der Waals surface area contributed by atoms with Crippen LogP contribution in [0, 0.1) is 0 Å². The number of aliphatic hydroxyl groups excluding tert-OH is 2. The highest BCUT2D eigenvalue weighted by Crippen LogP contribution is 1.94. The largest absolute Gasteiger partial charge is 0.388 e. The lowest BCUT2D eigenvalue weighted by Gasteiger charge is -2.00. The predicted octanol–water partition coefficient (Wildman–Crippen LogP) is -0.125. The minimum absolute atomic E-state index is 0.568. The van der Waals surface area contributed by atoms with Crippen LogP contribution in [0.2, 0.25) is 0 Å². The number of ketones is 1. The van der Waals surface area contributed by atoms with Crippen LogP contribution in [0.25, 0.3) is 0 Å². The zero-order chi connectivity index (χ0) is 8.15. The molecule has 0 fully saturated rings. The van der Waals surface area contributed by atoms with Crippen molar-refractivity contribution in [2.75, 3.05) is 6.61 Å². The van der Waals surface area contributed by atoms with E-state index in [1.54, 1.807) is 13.8 Å². The number of allylic oxidation sites excluding steroid dienone is 1. The van der Waals surface area contributed by atoms with Gasteiger partial charge in [-0.2, -0.15) is 0 Å². The molecule has 0 unspecified atom stereocenters. The van der Waals surface area contributed by atoms with E-state index in [0.29, 0.717) is 0 Å². The Balaban J connectivity index is 3.96. The van der Waals surface area contributed by atoms with Gasteiger partial charge in [0.1, 0.15) is 12.7 Å². The summed E-state index contributed by atoms with van der Waals surface area (Å²) in [4.78, 5) is 10.5. The van der Waals surface area contributed by atoms with E-state index >= 15 is 0 Å². The number of hydrogen-bond acceptors (Lipinski definition) is 3. The standard InChI is InChI=1S/C7H12O3/c1-5(2)3-6(9)7(10)4-8/h3,6,8-9H,4H2,1-2H3/t6-/m0/s1. The summed E-state index contributed by atoms with van der Waals surface area (Å²) in [5, 5.41) is 17.2.